The van der Waals surface area contributed by atoms with Crippen molar-refractivity contribution in [3.05, 3.63) is 59.7 Å². The van der Waals surface area contributed by atoms with Crippen LogP contribution in [0.4, 0.5) is 5.69 Å². The van der Waals surface area contributed by atoms with Crippen molar-refractivity contribution in [1.82, 2.24) is 0 Å². The van der Waals surface area contributed by atoms with Gasteiger partial charge in [-0.25, -0.2) is 0 Å². The summed E-state index contributed by atoms with van der Waals surface area (Å²) in [5.74, 6) is -0.142. The molecule has 0 aliphatic carbocycles. The second kappa shape index (κ2) is 5.84. The second-order valence-electron chi connectivity index (χ2n) is 6.32. The van der Waals surface area contributed by atoms with Crippen LogP contribution in [0, 0.1) is 0 Å². The Balaban J connectivity index is 2.03. The fourth-order valence-electron chi connectivity index (χ4n) is 3.33. The predicted molar refractivity (Wildman–Crippen MR) is 98.9 cm³/mol. The maximum absolute atomic E-state index is 12.1. The molecule has 0 radical (unpaired) electrons. The van der Waals surface area contributed by atoms with Crippen molar-refractivity contribution in [1.29, 1.82) is 0 Å². The molecule has 0 fully saturated rings. The first-order valence-corrected chi connectivity index (χ1v) is 8.16. The summed E-state index contributed by atoms with van der Waals surface area (Å²) in [6.07, 6.45) is -0.739. The summed E-state index contributed by atoms with van der Waals surface area (Å²) in [7, 11) is 3.57. The van der Waals surface area contributed by atoms with E-state index in [1.54, 1.807) is 19.0 Å². The molecular weight excluding hydrogens is 332 g/mol. The number of anilines is 1. The van der Waals surface area contributed by atoms with Gasteiger partial charge >= 0.3 is 0 Å². The van der Waals surface area contributed by atoms with Crippen LogP contribution in [0.2, 0.25) is 0 Å². The van der Waals surface area contributed by atoms with Crippen LogP contribution in [0.15, 0.2) is 48.5 Å². The molecule has 0 bridgehead atoms. The first kappa shape index (κ1) is 16.1. The Labute approximate surface area is 150 Å². The van der Waals surface area contributed by atoms with E-state index in [9.17, 15) is 9.90 Å². The number of nitrogens with zero attached hydrogens (tertiary/aromatic N) is 1. The van der Waals surface area contributed by atoms with E-state index in [-0.39, 0.29) is 17.1 Å². The van der Waals surface area contributed by atoms with Gasteiger partial charge < -0.3 is 25.2 Å². The summed E-state index contributed by atoms with van der Waals surface area (Å²) in [6, 6.07) is 14.9. The Kier molecular flexibility index (Phi) is 3.61. The standard InChI is InChI=1S/C20H18N2O4/c1-22(2)16-12-9-6-10-13-14(12)18(15(17(16)23)19(21)24)26-20(25-13)11-7-4-3-5-8-11/h3-10,20,23H,1-2H3,(H2,21,24)/t20-/m0/s1. The topological polar surface area (TPSA) is 85.0 Å². The lowest BCUT2D eigenvalue weighted by Crippen LogP contribution is -2.23. The number of carbonyl (C=O) groups excluding carboxylic acids is 1. The van der Waals surface area contributed by atoms with E-state index in [0.29, 0.717) is 16.8 Å². The number of rotatable bonds is 3. The minimum atomic E-state index is -0.758. The maximum Gasteiger partial charge on any atom is 0.267 e. The Morgan fingerprint density at radius 1 is 1.08 bits per heavy atom. The highest BCUT2D eigenvalue weighted by Gasteiger charge is 2.32. The number of aromatic hydroxyl groups is 1. The molecule has 3 aromatic rings. The van der Waals surface area contributed by atoms with E-state index in [4.69, 9.17) is 15.2 Å². The van der Waals surface area contributed by atoms with Gasteiger partial charge in [0.25, 0.3) is 12.2 Å². The zero-order valence-electron chi connectivity index (χ0n) is 14.4. The van der Waals surface area contributed by atoms with Crippen molar-refractivity contribution < 1.29 is 19.4 Å². The summed E-state index contributed by atoms with van der Waals surface area (Å²) < 4.78 is 12.0. The van der Waals surface area contributed by atoms with Gasteiger partial charge in [0.15, 0.2) is 11.5 Å². The van der Waals surface area contributed by atoms with Crippen LogP contribution in [-0.2, 0) is 0 Å². The molecule has 1 aliphatic rings. The third-order valence-corrected chi connectivity index (χ3v) is 4.42. The minimum Gasteiger partial charge on any atom is -0.505 e. The number of nitrogens with two attached hydrogens (primary N) is 1. The van der Waals surface area contributed by atoms with Crippen molar-refractivity contribution in [2.24, 2.45) is 5.73 Å². The molecule has 0 saturated carbocycles. The van der Waals surface area contributed by atoms with Gasteiger partial charge in [-0.2, -0.15) is 0 Å². The van der Waals surface area contributed by atoms with E-state index < -0.39 is 12.2 Å². The first-order valence-electron chi connectivity index (χ1n) is 8.16. The Morgan fingerprint density at radius 3 is 2.46 bits per heavy atom. The highest BCUT2D eigenvalue weighted by Crippen LogP contribution is 2.51. The van der Waals surface area contributed by atoms with Gasteiger partial charge in [0.05, 0.1) is 11.1 Å². The molecule has 132 valence electrons. The van der Waals surface area contributed by atoms with Crippen LogP contribution in [0.3, 0.4) is 0 Å². The van der Waals surface area contributed by atoms with Gasteiger partial charge in [0.2, 0.25) is 0 Å². The maximum atomic E-state index is 12.1. The number of benzene rings is 3. The summed E-state index contributed by atoms with van der Waals surface area (Å²) in [5, 5.41) is 12.1. The van der Waals surface area contributed by atoms with Crippen molar-refractivity contribution in [2.75, 3.05) is 19.0 Å². The van der Waals surface area contributed by atoms with Gasteiger partial charge in [-0.3, -0.25) is 4.79 Å². The number of phenols is 1. The molecule has 4 rings (SSSR count). The zero-order chi connectivity index (χ0) is 18.4. The Morgan fingerprint density at radius 2 is 1.81 bits per heavy atom. The first-order chi connectivity index (χ1) is 12.5. The number of primary amides is 1. The van der Waals surface area contributed by atoms with Crippen LogP contribution >= 0.6 is 0 Å². The van der Waals surface area contributed by atoms with Gasteiger partial charge in [-0.05, 0) is 6.07 Å². The molecule has 6 heteroatoms. The molecule has 0 unspecified atom stereocenters. The fourth-order valence-corrected chi connectivity index (χ4v) is 3.33. The molecule has 0 spiro atoms. The molecule has 1 heterocycles. The molecule has 0 saturated heterocycles. The molecule has 1 atom stereocenters. The average Bonchev–Trinajstić information content (AvgIpc) is 2.61. The van der Waals surface area contributed by atoms with Crippen molar-refractivity contribution in [2.45, 2.75) is 6.29 Å². The number of ether oxygens (including phenoxy) is 2. The quantitative estimate of drug-likeness (QED) is 0.758. The van der Waals surface area contributed by atoms with Gasteiger partial charge in [-0.15, -0.1) is 0 Å². The lowest BCUT2D eigenvalue weighted by atomic mass is 9.98. The second-order valence-corrected chi connectivity index (χ2v) is 6.32. The summed E-state index contributed by atoms with van der Waals surface area (Å²) in [5.41, 5.74) is 6.81. The third kappa shape index (κ3) is 2.30. The van der Waals surface area contributed by atoms with Crippen molar-refractivity contribution in [3.63, 3.8) is 0 Å². The van der Waals surface area contributed by atoms with Gasteiger partial charge in [-0.1, -0.05) is 42.5 Å². The summed E-state index contributed by atoms with van der Waals surface area (Å²) in [4.78, 5) is 13.9. The minimum absolute atomic E-state index is 0.0436. The van der Waals surface area contributed by atoms with Crippen LogP contribution in [-0.4, -0.2) is 25.1 Å². The van der Waals surface area contributed by atoms with E-state index in [1.807, 2.05) is 48.5 Å². The van der Waals surface area contributed by atoms with E-state index in [0.717, 1.165) is 10.9 Å². The molecule has 0 aromatic heterocycles. The Bertz CT molecular complexity index is 1020. The van der Waals surface area contributed by atoms with Gasteiger partial charge in [0, 0.05) is 25.0 Å². The average molecular weight is 350 g/mol. The number of amides is 1. The van der Waals surface area contributed by atoms with E-state index in [1.165, 1.54) is 0 Å². The summed E-state index contributed by atoms with van der Waals surface area (Å²) in [6.45, 7) is 0. The monoisotopic (exact) mass is 350 g/mol. The molecular formula is C20H18N2O4. The van der Waals surface area contributed by atoms with Crippen molar-refractivity contribution in [3.8, 4) is 17.2 Å². The van der Waals surface area contributed by atoms with E-state index >= 15 is 0 Å². The highest BCUT2D eigenvalue weighted by molar-refractivity contribution is 6.13. The summed E-state index contributed by atoms with van der Waals surface area (Å²) >= 11 is 0. The number of carbonyl (C=O) groups is 1. The molecule has 1 amide bonds. The van der Waals surface area contributed by atoms with Crippen LogP contribution in [0.25, 0.3) is 10.8 Å². The Hall–Kier alpha value is -3.41. The number of hydrogen-bond acceptors (Lipinski definition) is 5. The van der Waals surface area contributed by atoms with Crippen LogP contribution in [0.1, 0.15) is 22.2 Å². The molecule has 26 heavy (non-hydrogen) atoms. The zero-order valence-corrected chi connectivity index (χ0v) is 14.4. The number of hydrogen-bond donors (Lipinski definition) is 2. The van der Waals surface area contributed by atoms with E-state index in [2.05, 4.69) is 0 Å². The normalized spacial score (nSPS) is 15.2. The lowest BCUT2D eigenvalue weighted by Gasteiger charge is -2.30. The molecule has 1 aliphatic heterocycles. The van der Waals surface area contributed by atoms with Crippen LogP contribution in [0.5, 0.6) is 17.2 Å². The predicted octanol–water partition coefficient (Wildman–Crippen LogP) is 3.18. The van der Waals surface area contributed by atoms with Gasteiger partial charge in [0.1, 0.15) is 11.3 Å². The van der Waals surface area contributed by atoms with Crippen molar-refractivity contribution >= 4 is 22.4 Å². The SMILES string of the molecule is CN(C)c1c(O)c(C(N)=O)c2c3c(cccc13)O[C@H](c1ccccc1)O2. The molecule has 3 N–H and O–H groups in total. The fraction of sp³-hybridized carbons (Fsp3) is 0.150. The third-order valence-electron chi connectivity index (χ3n) is 4.42. The lowest BCUT2D eigenvalue weighted by molar-refractivity contribution is -0.00296. The highest BCUT2D eigenvalue weighted by atomic mass is 16.7. The van der Waals surface area contributed by atoms with Crippen LogP contribution < -0.4 is 20.1 Å². The smallest absolute Gasteiger partial charge is 0.267 e. The largest absolute Gasteiger partial charge is 0.505 e. The molecule has 3 aromatic carbocycles. The molecule has 6 nitrogen and oxygen atoms in total.